The van der Waals surface area contributed by atoms with Gasteiger partial charge in [0.25, 0.3) is 11.8 Å². The standard InChI is InChI=1S/C22H17ClN2O4/c1-28-18-10-9-15(12-17(18)23)24-20-19(14-6-3-2-4-7-14)21(26)25(22(20)27)13-16-8-5-11-29-16/h2-12,24H,13H2,1H3. The molecule has 4 rings (SSSR count). The van der Waals surface area contributed by atoms with Gasteiger partial charge < -0.3 is 14.5 Å². The Bertz CT molecular complexity index is 1090. The molecule has 2 amide bonds. The molecule has 0 spiro atoms. The molecule has 0 atom stereocenters. The highest BCUT2D eigenvalue weighted by Crippen LogP contribution is 2.33. The number of amides is 2. The second-order valence-corrected chi connectivity index (χ2v) is 6.77. The van der Waals surface area contributed by atoms with Gasteiger partial charge in [0.2, 0.25) is 0 Å². The van der Waals surface area contributed by atoms with Gasteiger partial charge in [0.05, 0.1) is 30.5 Å². The van der Waals surface area contributed by atoms with Gasteiger partial charge in [0.1, 0.15) is 17.2 Å². The van der Waals surface area contributed by atoms with Gasteiger partial charge in [-0.15, -0.1) is 0 Å². The highest BCUT2D eigenvalue weighted by atomic mass is 35.5. The molecule has 6 nitrogen and oxygen atoms in total. The normalized spacial score (nSPS) is 13.9. The van der Waals surface area contributed by atoms with Gasteiger partial charge in [0, 0.05) is 5.69 Å². The summed E-state index contributed by atoms with van der Waals surface area (Å²) in [5.41, 5.74) is 1.71. The molecule has 0 saturated carbocycles. The summed E-state index contributed by atoms with van der Waals surface area (Å²) in [6.07, 6.45) is 1.50. The van der Waals surface area contributed by atoms with E-state index in [0.717, 1.165) is 4.90 Å². The Morgan fingerprint density at radius 2 is 1.83 bits per heavy atom. The summed E-state index contributed by atoms with van der Waals surface area (Å²) in [4.78, 5) is 27.4. The lowest BCUT2D eigenvalue weighted by molar-refractivity contribution is -0.137. The molecule has 1 aliphatic heterocycles. The quantitative estimate of drug-likeness (QED) is 0.614. The van der Waals surface area contributed by atoms with E-state index in [0.29, 0.717) is 33.4 Å². The Morgan fingerprint density at radius 3 is 2.48 bits per heavy atom. The minimum atomic E-state index is -0.433. The van der Waals surface area contributed by atoms with Crippen LogP contribution in [0.25, 0.3) is 5.57 Å². The monoisotopic (exact) mass is 408 g/mol. The second kappa shape index (κ2) is 7.85. The lowest BCUT2D eigenvalue weighted by Gasteiger charge is -2.14. The Hall–Kier alpha value is -3.51. The summed E-state index contributed by atoms with van der Waals surface area (Å²) in [6.45, 7) is 0.0511. The Labute approximate surface area is 172 Å². The number of imide groups is 1. The van der Waals surface area contributed by atoms with Gasteiger partial charge in [-0.2, -0.15) is 0 Å². The van der Waals surface area contributed by atoms with E-state index in [-0.39, 0.29) is 18.1 Å². The first-order valence-electron chi connectivity index (χ1n) is 8.87. The van der Waals surface area contributed by atoms with E-state index in [2.05, 4.69) is 5.32 Å². The third kappa shape index (κ3) is 3.62. The Balaban J connectivity index is 1.73. The number of carbonyl (C=O) groups is 2. The fourth-order valence-electron chi connectivity index (χ4n) is 3.16. The van der Waals surface area contributed by atoms with Gasteiger partial charge in [-0.1, -0.05) is 41.9 Å². The van der Waals surface area contributed by atoms with Crippen LogP contribution in [0, 0.1) is 0 Å². The van der Waals surface area contributed by atoms with Crippen molar-refractivity contribution in [3.8, 4) is 5.75 Å². The summed E-state index contributed by atoms with van der Waals surface area (Å²) < 4.78 is 10.5. The highest BCUT2D eigenvalue weighted by Gasteiger charge is 2.39. The van der Waals surface area contributed by atoms with Crippen LogP contribution in [0.5, 0.6) is 5.75 Å². The third-order valence-electron chi connectivity index (χ3n) is 4.55. The van der Waals surface area contributed by atoms with E-state index in [4.69, 9.17) is 20.8 Å². The second-order valence-electron chi connectivity index (χ2n) is 6.37. The number of carbonyl (C=O) groups excluding carboxylic acids is 2. The summed E-state index contributed by atoms with van der Waals surface area (Å²) in [5, 5.41) is 3.46. The molecule has 0 bridgehead atoms. The molecule has 0 fully saturated rings. The van der Waals surface area contributed by atoms with Crippen molar-refractivity contribution in [2.75, 3.05) is 12.4 Å². The highest BCUT2D eigenvalue weighted by molar-refractivity contribution is 6.36. The maximum absolute atomic E-state index is 13.1. The molecular formula is C22H17ClN2O4. The number of rotatable bonds is 6. The smallest absolute Gasteiger partial charge is 0.278 e. The molecule has 1 aliphatic rings. The molecular weight excluding hydrogens is 392 g/mol. The van der Waals surface area contributed by atoms with Crippen LogP contribution in [0.3, 0.4) is 0 Å². The number of hydrogen-bond acceptors (Lipinski definition) is 5. The van der Waals surface area contributed by atoms with Crippen LogP contribution in [-0.2, 0) is 16.1 Å². The SMILES string of the molecule is COc1ccc(NC2=C(c3ccccc3)C(=O)N(Cc3ccco3)C2=O)cc1Cl. The number of anilines is 1. The van der Waals surface area contributed by atoms with Crippen molar-refractivity contribution in [3.05, 3.63) is 89.0 Å². The number of methoxy groups -OCH3 is 1. The minimum Gasteiger partial charge on any atom is -0.495 e. The molecule has 0 aliphatic carbocycles. The van der Waals surface area contributed by atoms with Crippen LogP contribution in [0.15, 0.2) is 77.0 Å². The number of furan rings is 1. The molecule has 3 aromatic rings. The van der Waals surface area contributed by atoms with E-state index in [1.165, 1.54) is 13.4 Å². The van der Waals surface area contributed by atoms with Crippen molar-refractivity contribution in [1.29, 1.82) is 0 Å². The molecule has 0 saturated heterocycles. The number of nitrogens with one attached hydrogen (secondary N) is 1. The number of benzene rings is 2. The average Bonchev–Trinajstić information content (AvgIpc) is 3.32. The maximum atomic E-state index is 13.1. The van der Waals surface area contributed by atoms with Crippen molar-refractivity contribution in [1.82, 2.24) is 4.90 Å². The lowest BCUT2D eigenvalue weighted by atomic mass is 10.0. The first-order valence-corrected chi connectivity index (χ1v) is 9.25. The number of ether oxygens (including phenoxy) is 1. The predicted octanol–water partition coefficient (Wildman–Crippen LogP) is 4.33. The van der Waals surface area contributed by atoms with Crippen LogP contribution in [0.4, 0.5) is 5.69 Å². The molecule has 1 aromatic heterocycles. The Kier molecular flexibility index (Phi) is 5.10. The van der Waals surface area contributed by atoms with Crippen LogP contribution >= 0.6 is 11.6 Å². The molecule has 0 radical (unpaired) electrons. The molecule has 2 heterocycles. The third-order valence-corrected chi connectivity index (χ3v) is 4.84. The van der Waals surface area contributed by atoms with Crippen LogP contribution < -0.4 is 10.1 Å². The van der Waals surface area contributed by atoms with Gasteiger partial charge in [0.15, 0.2) is 0 Å². The van der Waals surface area contributed by atoms with Gasteiger partial charge >= 0.3 is 0 Å². The molecule has 146 valence electrons. The molecule has 1 N–H and O–H groups in total. The van der Waals surface area contributed by atoms with Crippen LogP contribution in [0.1, 0.15) is 11.3 Å². The van der Waals surface area contributed by atoms with Gasteiger partial charge in [-0.3, -0.25) is 14.5 Å². The van der Waals surface area contributed by atoms with Crippen molar-refractivity contribution in [2.24, 2.45) is 0 Å². The number of hydrogen-bond donors (Lipinski definition) is 1. The lowest BCUT2D eigenvalue weighted by Crippen LogP contribution is -2.31. The predicted molar refractivity (Wildman–Crippen MR) is 109 cm³/mol. The summed E-state index contributed by atoms with van der Waals surface area (Å²) in [5.74, 6) is 0.215. The van der Waals surface area contributed by atoms with Crippen molar-refractivity contribution < 1.29 is 18.7 Å². The number of halogens is 1. The zero-order valence-electron chi connectivity index (χ0n) is 15.5. The van der Waals surface area contributed by atoms with Crippen molar-refractivity contribution >= 4 is 34.7 Å². The van der Waals surface area contributed by atoms with E-state index >= 15 is 0 Å². The van der Waals surface area contributed by atoms with Gasteiger partial charge in [-0.25, -0.2) is 0 Å². The number of nitrogens with zero attached hydrogens (tertiary/aromatic N) is 1. The largest absolute Gasteiger partial charge is 0.495 e. The zero-order valence-corrected chi connectivity index (χ0v) is 16.3. The minimum absolute atomic E-state index is 0.0511. The first-order chi connectivity index (χ1) is 14.1. The summed E-state index contributed by atoms with van der Waals surface area (Å²) in [7, 11) is 1.52. The summed E-state index contributed by atoms with van der Waals surface area (Å²) in [6, 6.07) is 17.6. The summed E-state index contributed by atoms with van der Waals surface area (Å²) >= 11 is 6.20. The maximum Gasteiger partial charge on any atom is 0.278 e. The molecule has 7 heteroatoms. The Morgan fingerprint density at radius 1 is 1.03 bits per heavy atom. The van der Waals surface area contributed by atoms with Crippen LogP contribution in [-0.4, -0.2) is 23.8 Å². The first kappa shape index (κ1) is 18.8. The fourth-order valence-corrected chi connectivity index (χ4v) is 3.41. The topological polar surface area (TPSA) is 71.8 Å². The molecule has 2 aromatic carbocycles. The zero-order chi connectivity index (χ0) is 20.4. The molecule has 29 heavy (non-hydrogen) atoms. The van der Waals surface area contributed by atoms with Gasteiger partial charge in [-0.05, 0) is 35.9 Å². The van der Waals surface area contributed by atoms with E-state index < -0.39 is 5.91 Å². The van der Waals surface area contributed by atoms with Crippen molar-refractivity contribution in [3.63, 3.8) is 0 Å². The van der Waals surface area contributed by atoms with Crippen LogP contribution in [0.2, 0.25) is 5.02 Å². The van der Waals surface area contributed by atoms with E-state index in [9.17, 15) is 9.59 Å². The van der Waals surface area contributed by atoms with Crippen molar-refractivity contribution in [2.45, 2.75) is 6.54 Å². The van der Waals surface area contributed by atoms with E-state index in [1.807, 2.05) is 18.2 Å². The average molecular weight is 409 g/mol. The molecule has 0 unspecified atom stereocenters. The van der Waals surface area contributed by atoms with E-state index in [1.54, 1.807) is 42.5 Å². The fraction of sp³-hybridized carbons (Fsp3) is 0.0909.